The Kier molecular flexibility index (Phi) is 17.3. The topological polar surface area (TPSA) is 43.4 Å². The Morgan fingerprint density at radius 3 is 1.40 bits per heavy atom. The predicted molar refractivity (Wildman–Crippen MR) is 106 cm³/mol. The van der Waals surface area contributed by atoms with Crippen LogP contribution in [0.5, 0.6) is 0 Å². The summed E-state index contributed by atoms with van der Waals surface area (Å²) in [4.78, 5) is 22.5. The van der Waals surface area contributed by atoms with Gasteiger partial charge in [0.25, 0.3) is 0 Å². The van der Waals surface area contributed by atoms with E-state index in [4.69, 9.17) is 4.74 Å². The van der Waals surface area contributed by atoms with Gasteiger partial charge in [-0.1, -0.05) is 96.8 Å². The second-order valence-corrected chi connectivity index (χ2v) is 7.44. The molecule has 3 heteroatoms. The zero-order chi connectivity index (χ0) is 18.8. The largest absolute Gasteiger partial charge is 0.455 e. The molecule has 0 aromatic carbocycles. The molecule has 0 N–H and O–H groups in total. The van der Waals surface area contributed by atoms with Crippen LogP contribution in [0.4, 0.5) is 0 Å². The summed E-state index contributed by atoms with van der Waals surface area (Å²) in [5.41, 5.74) is 0. The number of ether oxygens (including phenoxy) is 1. The monoisotopic (exact) mass is 354 g/mol. The van der Waals surface area contributed by atoms with E-state index in [2.05, 4.69) is 6.92 Å². The van der Waals surface area contributed by atoms with Gasteiger partial charge in [0.15, 0.2) is 11.9 Å². The predicted octanol–water partition coefficient (Wildman–Crippen LogP) is 6.77. The number of unbranched alkanes of at least 4 members (excludes halogenated alkanes) is 14. The number of rotatable bonds is 18. The van der Waals surface area contributed by atoms with Crippen LogP contribution in [0.3, 0.4) is 0 Å². The third-order valence-corrected chi connectivity index (χ3v) is 4.87. The lowest BCUT2D eigenvalue weighted by Crippen LogP contribution is -2.21. The van der Waals surface area contributed by atoms with E-state index in [1.165, 1.54) is 90.4 Å². The Morgan fingerprint density at radius 2 is 1.04 bits per heavy atom. The highest BCUT2D eigenvalue weighted by Crippen LogP contribution is 2.14. The Hall–Kier alpha value is -0.860. The van der Waals surface area contributed by atoms with Gasteiger partial charge in [0.1, 0.15) is 0 Å². The molecule has 1 unspecified atom stereocenters. The van der Waals surface area contributed by atoms with Crippen LogP contribution in [0.25, 0.3) is 0 Å². The maximum absolute atomic E-state index is 11.5. The second kappa shape index (κ2) is 17.9. The van der Waals surface area contributed by atoms with E-state index < -0.39 is 6.10 Å². The van der Waals surface area contributed by atoms with Crippen LogP contribution in [0.15, 0.2) is 0 Å². The first-order chi connectivity index (χ1) is 12.1. The van der Waals surface area contributed by atoms with Crippen LogP contribution < -0.4 is 0 Å². The fraction of sp³-hybridized carbons (Fsp3) is 0.909. The molecule has 0 amide bonds. The molecular weight excluding hydrogens is 312 g/mol. The Labute approximate surface area is 156 Å². The standard InChI is InChI=1S/C22H42O3/c1-4-5-6-7-8-9-10-11-12-13-14-15-16-17-18-19-22(24)25-21(3)20(2)23/h21H,4-19H2,1-3H3. The van der Waals surface area contributed by atoms with Gasteiger partial charge in [-0.2, -0.15) is 0 Å². The average molecular weight is 355 g/mol. The lowest BCUT2D eigenvalue weighted by Gasteiger charge is -2.09. The molecule has 1 atom stereocenters. The highest BCUT2D eigenvalue weighted by Gasteiger charge is 2.12. The summed E-state index contributed by atoms with van der Waals surface area (Å²) < 4.78 is 5.04. The van der Waals surface area contributed by atoms with Crippen molar-refractivity contribution in [2.45, 2.75) is 130 Å². The zero-order valence-corrected chi connectivity index (χ0v) is 17.1. The van der Waals surface area contributed by atoms with Crippen LogP contribution in [0, 0.1) is 0 Å². The van der Waals surface area contributed by atoms with Crippen molar-refractivity contribution in [1.82, 2.24) is 0 Å². The van der Waals surface area contributed by atoms with Gasteiger partial charge in [0, 0.05) is 6.42 Å². The first-order valence-electron chi connectivity index (χ1n) is 10.8. The minimum atomic E-state index is -0.594. The molecule has 0 spiro atoms. The van der Waals surface area contributed by atoms with Gasteiger partial charge in [-0.25, -0.2) is 0 Å². The number of carbonyl (C=O) groups is 2. The molecule has 0 fully saturated rings. The summed E-state index contributed by atoms with van der Waals surface area (Å²) in [6, 6.07) is 0. The fourth-order valence-corrected chi connectivity index (χ4v) is 2.98. The summed E-state index contributed by atoms with van der Waals surface area (Å²) in [6.45, 7) is 5.35. The molecule has 3 nitrogen and oxygen atoms in total. The molecule has 0 aromatic rings. The van der Waals surface area contributed by atoms with Crippen LogP contribution in [0.1, 0.15) is 124 Å². The molecule has 0 aromatic heterocycles. The van der Waals surface area contributed by atoms with E-state index in [1.54, 1.807) is 6.92 Å². The molecule has 0 heterocycles. The average Bonchev–Trinajstić information content (AvgIpc) is 2.58. The number of ketones is 1. The van der Waals surface area contributed by atoms with Crippen LogP contribution >= 0.6 is 0 Å². The molecule has 0 bridgehead atoms. The molecule has 25 heavy (non-hydrogen) atoms. The van der Waals surface area contributed by atoms with Crippen molar-refractivity contribution < 1.29 is 14.3 Å². The van der Waals surface area contributed by atoms with Gasteiger partial charge in [0.2, 0.25) is 0 Å². The minimum Gasteiger partial charge on any atom is -0.455 e. The van der Waals surface area contributed by atoms with Gasteiger partial charge < -0.3 is 4.74 Å². The SMILES string of the molecule is CCCCCCCCCCCCCCCCCC(=O)OC(C)C(C)=O. The third-order valence-electron chi connectivity index (χ3n) is 4.87. The van der Waals surface area contributed by atoms with Crippen molar-refractivity contribution in [3.8, 4) is 0 Å². The van der Waals surface area contributed by atoms with E-state index in [0.717, 1.165) is 12.8 Å². The van der Waals surface area contributed by atoms with Crippen molar-refractivity contribution in [3.63, 3.8) is 0 Å². The van der Waals surface area contributed by atoms with Gasteiger partial charge >= 0.3 is 5.97 Å². The first kappa shape index (κ1) is 24.1. The molecule has 0 radical (unpaired) electrons. The summed E-state index contributed by atoms with van der Waals surface area (Å²) >= 11 is 0. The molecular formula is C22H42O3. The van der Waals surface area contributed by atoms with E-state index in [1.807, 2.05) is 0 Å². The Balaban J connectivity index is 3.19. The molecule has 0 saturated heterocycles. The molecule has 0 aliphatic carbocycles. The summed E-state index contributed by atoms with van der Waals surface area (Å²) in [6.07, 6.45) is 19.6. The van der Waals surface area contributed by atoms with E-state index in [9.17, 15) is 9.59 Å². The third kappa shape index (κ3) is 17.7. The summed E-state index contributed by atoms with van der Waals surface area (Å²) in [5.74, 6) is -0.331. The number of carbonyl (C=O) groups excluding carboxylic acids is 2. The quantitative estimate of drug-likeness (QED) is 0.201. The summed E-state index contributed by atoms with van der Waals surface area (Å²) in [7, 11) is 0. The highest BCUT2D eigenvalue weighted by atomic mass is 16.5. The number of Topliss-reactive ketones (excluding diaryl/α,β-unsaturated/α-hetero) is 1. The van der Waals surface area contributed by atoms with Gasteiger partial charge in [-0.15, -0.1) is 0 Å². The Morgan fingerprint density at radius 1 is 0.680 bits per heavy atom. The zero-order valence-electron chi connectivity index (χ0n) is 17.1. The van der Waals surface area contributed by atoms with Gasteiger partial charge in [0.05, 0.1) is 0 Å². The second-order valence-electron chi connectivity index (χ2n) is 7.44. The van der Waals surface area contributed by atoms with Gasteiger partial charge in [-0.05, 0) is 20.3 Å². The van der Waals surface area contributed by atoms with Crippen molar-refractivity contribution in [2.24, 2.45) is 0 Å². The van der Waals surface area contributed by atoms with Crippen LogP contribution in [0.2, 0.25) is 0 Å². The summed E-state index contributed by atoms with van der Waals surface area (Å²) in [5, 5.41) is 0. The smallest absolute Gasteiger partial charge is 0.306 e. The van der Waals surface area contributed by atoms with E-state index in [0.29, 0.717) is 6.42 Å². The highest BCUT2D eigenvalue weighted by molar-refractivity contribution is 5.83. The van der Waals surface area contributed by atoms with Crippen LogP contribution in [-0.2, 0) is 14.3 Å². The molecule has 0 aliphatic rings. The number of esters is 1. The maximum Gasteiger partial charge on any atom is 0.306 e. The van der Waals surface area contributed by atoms with Crippen molar-refractivity contribution >= 4 is 11.8 Å². The number of hydrogen-bond acceptors (Lipinski definition) is 3. The molecule has 148 valence electrons. The van der Waals surface area contributed by atoms with E-state index in [-0.39, 0.29) is 11.8 Å². The molecule has 0 saturated carbocycles. The number of hydrogen-bond donors (Lipinski definition) is 0. The van der Waals surface area contributed by atoms with E-state index >= 15 is 0 Å². The first-order valence-corrected chi connectivity index (χ1v) is 10.8. The van der Waals surface area contributed by atoms with Crippen molar-refractivity contribution in [3.05, 3.63) is 0 Å². The normalized spacial score (nSPS) is 12.1. The fourth-order valence-electron chi connectivity index (χ4n) is 2.98. The van der Waals surface area contributed by atoms with Gasteiger partial charge in [-0.3, -0.25) is 9.59 Å². The lowest BCUT2D eigenvalue weighted by atomic mass is 10.0. The van der Waals surface area contributed by atoms with Crippen LogP contribution in [-0.4, -0.2) is 17.9 Å². The molecule has 0 aliphatic heterocycles. The van der Waals surface area contributed by atoms with Crippen molar-refractivity contribution in [1.29, 1.82) is 0 Å². The lowest BCUT2D eigenvalue weighted by molar-refractivity contribution is -0.153. The molecule has 0 rings (SSSR count). The Bertz CT molecular complexity index is 325. The minimum absolute atomic E-state index is 0.0927. The van der Waals surface area contributed by atoms with Crippen molar-refractivity contribution in [2.75, 3.05) is 0 Å². The maximum atomic E-state index is 11.5.